The summed E-state index contributed by atoms with van der Waals surface area (Å²) >= 11 is 0. The van der Waals surface area contributed by atoms with Crippen molar-refractivity contribution in [1.82, 2.24) is 63.7 Å². The summed E-state index contributed by atoms with van der Waals surface area (Å²) < 4.78 is 51.2. The smallest absolute Gasteiger partial charge is 0.338 e. The van der Waals surface area contributed by atoms with Crippen LogP contribution in [-0.4, -0.2) is 122 Å². The molecule has 17 nitrogen and oxygen atoms in total. The Balaban J connectivity index is 0.951. The van der Waals surface area contributed by atoms with Crippen molar-refractivity contribution in [2.45, 2.75) is 70.0 Å². The molecule has 2 unspecified atom stereocenters. The lowest BCUT2D eigenvalue weighted by molar-refractivity contribution is 0.0661. The Kier molecular flexibility index (Phi) is 9.56. The van der Waals surface area contributed by atoms with Crippen LogP contribution in [0, 0.1) is 37.3 Å². The molecular formula is C50H51F2N13O4. The molecule has 1 N–H and O–H groups in total. The number of piperidine rings is 1. The van der Waals surface area contributed by atoms with Crippen molar-refractivity contribution in [3.05, 3.63) is 129 Å². The predicted octanol–water partition coefficient (Wildman–Crippen LogP) is 5.81. The summed E-state index contributed by atoms with van der Waals surface area (Å²) in [7, 11) is 1.73. The van der Waals surface area contributed by atoms with E-state index in [2.05, 4.69) is 53.4 Å². The minimum absolute atomic E-state index is 0.0609. The van der Waals surface area contributed by atoms with Gasteiger partial charge in [-0.15, -0.1) is 5.10 Å². The molecule has 8 aromatic rings. The van der Waals surface area contributed by atoms with E-state index in [4.69, 9.17) is 14.6 Å². The minimum atomic E-state index is -0.713. The number of hydrogen-bond donors (Lipinski definition) is 1. The van der Waals surface area contributed by atoms with Crippen molar-refractivity contribution in [1.29, 1.82) is 0 Å². The first-order valence-electron chi connectivity index (χ1n) is 23.9. The third-order valence-corrected chi connectivity index (χ3v) is 16.1. The number of amides is 1. The summed E-state index contributed by atoms with van der Waals surface area (Å²) in [5.41, 5.74) is 4.80. The Morgan fingerprint density at radius 2 is 1.65 bits per heavy atom. The third-order valence-electron chi connectivity index (χ3n) is 16.1. The molecule has 0 bridgehead atoms. The Hall–Kier alpha value is -6.83. The van der Waals surface area contributed by atoms with E-state index < -0.39 is 23.1 Å². The Labute approximate surface area is 394 Å². The second-order valence-corrected chi connectivity index (χ2v) is 19.7. The van der Waals surface area contributed by atoms with Crippen LogP contribution in [0.5, 0.6) is 0 Å². The molecule has 13 rings (SSSR count). The van der Waals surface area contributed by atoms with Crippen LogP contribution in [-0.2, 0) is 28.5 Å². The molecule has 4 fully saturated rings. The number of tetrazole rings is 1. The highest BCUT2D eigenvalue weighted by Gasteiger charge is 2.73. The molecule has 19 heteroatoms. The van der Waals surface area contributed by atoms with Crippen LogP contribution in [0.15, 0.2) is 71.9 Å². The molecule has 1 aliphatic carbocycles. The molecule has 5 aromatic heterocycles. The fourth-order valence-electron chi connectivity index (χ4n) is 12.6. The average Bonchev–Trinajstić information content (AvgIpc) is 4.20. The average molecular weight is 936 g/mol. The van der Waals surface area contributed by atoms with Crippen LogP contribution in [0.2, 0.25) is 0 Å². The first kappa shape index (κ1) is 42.3. The number of aromatic nitrogens is 11. The van der Waals surface area contributed by atoms with E-state index >= 15 is 13.6 Å². The van der Waals surface area contributed by atoms with Gasteiger partial charge in [-0.3, -0.25) is 23.5 Å². The van der Waals surface area contributed by atoms with Crippen molar-refractivity contribution in [2.75, 3.05) is 46.1 Å². The monoisotopic (exact) mass is 935 g/mol. The number of aromatic amines is 1. The number of ether oxygens (including phenoxy) is 2. The van der Waals surface area contributed by atoms with E-state index in [9.17, 15) is 4.79 Å². The SMILES string of the molecule is Cc1cc(-n2nc3c(c2-n2ccn(-c4ccc5c(cnn5C)c4F)c2=O)[C@H](C)N(C(=O)c2cc4cc(C5CCOCC5)ccc4n2C2(c4nnn[nH]4)[C@@H]4CN(C5CCOC5)C[C@@H]42)CC3)cc(C)c1F. The van der Waals surface area contributed by atoms with E-state index in [0.29, 0.717) is 95.7 Å². The Bertz CT molecular complexity index is 3390. The standard InChI is InChI=1S/C50H51F2N13O4/c1-27-19-34(20-28(2)44(27)51)65-46(63-15-14-62(49(63)67)41-8-7-40-35(45(41)52)23-53-59(40)4)43-29(3)61(13-9-38(43)56-65)47(66)42-22-32-21-31(30-10-16-68-17-11-30)5-6-39(32)64(42)50(48-54-57-58-55-48)36-24-60(25-37(36)50)33-12-18-69-26-33/h5-8,14-15,19-23,29-30,33,36-37H,9-13,16-18,24-26H2,1-4H3,(H,54,55,57,58)/t29-,33?,36-,37+,50?/m0/s1. The normalized spacial score (nSPS) is 23.9. The van der Waals surface area contributed by atoms with Gasteiger partial charge in [-0.2, -0.15) is 10.2 Å². The van der Waals surface area contributed by atoms with Crippen LogP contribution in [0.3, 0.4) is 0 Å². The number of nitrogens with zero attached hydrogens (tertiary/aromatic N) is 12. The van der Waals surface area contributed by atoms with Crippen molar-refractivity contribution in [2.24, 2.45) is 18.9 Å². The topological polar surface area (TPSA) is 164 Å². The second-order valence-electron chi connectivity index (χ2n) is 19.7. The maximum Gasteiger partial charge on any atom is 0.338 e. The Morgan fingerprint density at radius 1 is 0.899 bits per heavy atom. The van der Waals surface area contributed by atoms with E-state index in [-0.39, 0.29) is 34.6 Å². The van der Waals surface area contributed by atoms with Crippen LogP contribution in [0.1, 0.15) is 82.4 Å². The van der Waals surface area contributed by atoms with Crippen LogP contribution >= 0.6 is 0 Å². The number of carbonyl (C=O) groups excluding carboxylic acids is 1. The number of likely N-dealkylation sites (tertiary alicyclic amines) is 1. The number of nitrogens with one attached hydrogen (secondary N) is 1. The zero-order valence-corrected chi connectivity index (χ0v) is 38.8. The summed E-state index contributed by atoms with van der Waals surface area (Å²) in [5.74, 6) is 0.513. The van der Waals surface area contributed by atoms with E-state index in [0.717, 1.165) is 49.9 Å². The summed E-state index contributed by atoms with van der Waals surface area (Å²) in [5, 5.41) is 26.5. The molecule has 5 aliphatic rings. The molecular weight excluding hydrogens is 885 g/mol. The maximum atomic E-state index is 16.2. The van der Waals surface area contributed by atoms with Crippen LogP contribution < -0.4 is 5.69 Å². The molecule has 4 aliphatic heterocycles. The van der Waals surface area contributed by atoms with Gasteiger partial charge in [0.1, 0.15) is 22.9 Å². The third kappa shape index (κ3) is 6.18. The molecule has 1 saturated carbocycles. The van der Waals surface area contributed by atoms with E-state index in [1.807, 2.05) is 17.9 Å². The van der Waals surface area contributed by atoms with Gasteiger partial charge in [0, 0.05) is 99.7 Å². The minimum Gasteiger partial charge on any atom is -0.381 e. The largest absolute Gasteiger partial charge is 0.381 e. The molecule has 9 heterocycles. The van der Waals surface area contributed by atoms with Crippen molar-refractivity contribution in [3.8, 4) is 17.2 Å². The van der Waals surface area contributed by atoms with Gasteiger partial charge in [0.25, 0.3) is 5.91 Å². The lowest BCUT2D eigenvalue weighted by Gasteiger charge is -2.35. The molecule has 0 radical (unpaired) electrons. The Morgan fingerprint density at radius 3 is 2.39 bits per heavy atom. The molecule has 354 valence electrons. The van der Waals surface area contributed by atoms with Gasteiger partial charge in [-0.25, -0.2) is 23.4 Å². The van der Waals surface area contributed by atoms with E-state index in [1.165, 1.54) is 27.1 Å². The summed E-state index contributed by atoms with van der Waals surface area (Å²) in [6.07, 6.45) is 7.79. The number of rotatable bonds is 8. The highest BCUT2D eigenvalue weighted by atomic mass is 19.1. The molecule has 3 aromatic carbocycles. The molecule has 1 amide bonds. The predicted molar refractivity (Wildman–Crippen MR) is 249 cm³/mol. The zero-order valence-electron chi connectivity index (χ0n) is 38.8. The summed E-state index contributed by atoms with van der Waals surface area (Å²) in [6.45, 7) is 10.2. The van der Waals surface area contributed by atoms with Gasteiger partial charge >= 0.3 is 5.69 Å². The lowest BCUT2D eigenvalue weighted by atomic mass is 9.91. The van der Waals surface area contributed by atoms with Gasteiger partial charge in [0.05, 0.1) is 46.8 Å². The summed E-state index contributed by atoms with van der Waals surface area (Å²) in [6, 6.07) is 15.1. The number of hydrogen-bond acceptors (Lipinski definition) is 10. The van der Waals surface area contributed by atoms with Crippen molar-refractivity contribution >= 4 is 27.7 Å². The highest BCUT2D eigenvalue weighted by Crippen LogP contribution is 2.65. The number of carbonyl (C=O) groups is 1. The number of imidazole rings is 1. The fourth-order valence-corrected chi connectivity index (χ4v) is 12.6. The van der Waals surface area contributed by atoms with Crippen LogP contribution in [0.4, 0.5) is 8.78 Å². The number of fused-ring (bicyclic) bond motifs is 4. The zero-order chi connectivity index (χ0) is 47.0. The maximum absolute atomic E-state index is 16.2. The van der Waals surface area contributed by atoms with Crippen molar-refractivity contribution < 1.29 is 23.0 Å². The van der Waals surface area contributed by atoms with Gasteiger partial charge in [0.2, 0.25) is 0 Å². The summed E-state index contributed by atoms with van der Waals surface area (Å²) in [4.78, 5) is 35.1. The quantitative estimate of drug-likeness (QED) is 0.197. The number of halogens is 2. The first-order valence-corrected chi connectivity index (χ1v) is 23.9. The molecule has 3 saturated heterocycles. The lowest BCUT2D eigenvalue weighted by Crippen LogP contribution is -2.44. The van der Waals surface area contributed by atoms with Gasteiger partial charge in [-0.05, 0) is 116 Å². The van der Waals surface area contributed by atoms with Gasteiger partial charge in [-0.1, -0.05) is 6.07 Å². The molecule has 69 heavy (non-hydrogen) atoms. The fraction of sp³-hybridized carbons (Fsp3) is 0.420. The highest BCUT2D eigenvalue weighted by molar-refractivity contribution is 6.00. The van der Waals surface area contributed by atoms with Gasteiger partial charge < -0.3 is 18.9 Å². The first-order chi connectivity index (χ1) is 33.5. The van der Waals surface area contributed by atoms with Crippen molar-refractivity contribution in [3.63, 3.8) is 0 Å². The van der Waals surface area contributed by atoms with E-state index in [1.54, 1.807) is 60.7 Å². The van der Waals surface area contributed by atoms with Crippen LogP contribution in [0.25, 0.3) is 39.0 Å². The molecule has 5 atom stereocenters. The number of aryl methyl sites for hydroxylation is 3. The van der Waals surface area contributed by atoms with Gasteiger partial charge in [0.15, 0.2) is 11.6 Å². The number of benzene rings is 3. The number of H-pyrrole nitrogens is 1. The molecule has 0 spiro atoms. The second kappa shape index (κ2) is 15.6.